The highest BCUT2D eigenvalue weighted by Gasteiger charge is 2.11. The summed E-state index contributed by atoms with van der Waals surface area (Å²) in [5.74, 6) is -0.914. The number of nitrogens with two attached hydrogens (primary N) is 1. The molecule has 0 radical (unpaired) electrons. The lowest BCUT2D eigenvalue weighted by atomic mass is 10.1. The molecule has 0 bridgehead atoms. The van der Waals surface area contributed by atoms with E-state index >= 15 is 0 Å². The maximum atomic E-state index is 13.1. The molecule has 3 nitrogen and oxygen atoms in total. The molecule has 0 aliphatic rings. The van der Waals surface area contributed by atoms with Gasteiger partial charge in [0.25, 0.3) is 5.91 Å². The van der Waals surface area contributed by atoms with E-state index in [2.05, 4.69) is 5.32 Å². The molecule has 0 heterocycles. The predicted octanol–water partition coefficient (Wildman–Crippen LogP) is 2.10. The second-order valence-electron chi connectivity index (χ2n) is 3.31. The Kier molecular flexibility index (Phi) is 4.51. The van der Waals surface area contributed by atoms with E-state index < -0.39 is 5.82 Å². The van der Waals surface area contributed by atoms with Crippen molar-refractivity contribution in [1.29, 1.82) is 0 Å². The molecule has 1 rings (SSSR count). The van der Waals surface area contributed by atoms with Crippen LogP contribution < -0.4 is 11.1 Å². The molecule has 0 aliphatic heterocycles. The van der Waals surface area contributed by atoms with Gasteiger partial charge in [-0.1, -0.05) is 18.2 Å². The topological polar surface area (TPSA) is 55.1 Å². The van der Waals surface area contributed by atoms with Crippen molar-refractivity contribution in [3.05, 3.63) is 41.7 Å². The van der Waals surface area contributed by atoms with Gasteiger partial charge in [-0.3, -0.25) is 4.79 Å². The van der Waals surface area contributed by atoms with Gasteiger partial charge < -0.3 is 11.1 Å². The van der Waals surface area contributed by atoms with Gasteiger partial charge in [-0.05, 0) is 25.5 Å². The lowest BCUT2D eigenvalue weighted by Crippen LogP contribution is -2.25. The molecule has 86 valence electrons. The van der Waals surface area contributed by atoms with Gasteiger partial charge in [0.1, 0.15) is 5.82 Å². The smallest absolute Gasteiger partial charge is 0.253 e. The van der Waals surface area contributed by atoms with Crippen molar-refractivity contribution in [2.45, 2.75) is 13.3 Å². The monoisotopic (exact) mass is 222 g/mol. The van der Waals surface area contributed by atoms with Crippen molar-refractivity contribution in [2.75, 3.05) is 12.3 Å². The Morgan fingerprint density at radius 3 is 3.00 bits per heavy atom. The average molecular weight is 222 g/mol. The summed E-state index contributed by atoms with van der Waals surface area (Å²) in [5.41, 5.74) is 5.54. The summed E-state index contributed by atoms with van der Waals surface area (Å²) in [4.78, 5) is 11.6. The molecule has 16 heavy (non-hydrogen) atoms. The number of carbonyl (C=O) groups is 1. The molecule has 0 saturated carbocycles. The summed E-state index contributed by atoms with van der Waals surface area (Å²) in [7, 11) is 0. The van der Waals surface area contributed by atoms with Crippen LogP contribution >= 0.6 is 0 Å². The van der Waals surface area contributed by atoms with Crippen LogP contribution in [0.3, 0.4) is 0 Å². The average Bonchev–Trinajstić information content (AvgIpc) is 2.28. The molecular formula is C12H15FN2O. The SMILES string of the molecule is C/C=C/CCNC(=O)c1cccc(F)c1N. The number of nitrogen functional groups attached to an aromatic ring is 1. The zero-order chi connectivity index (χ0) is 12.0. The van der Waals surface area contributed by atoms with Gasteiger partial charge in [0.2, 0.25) is 0 Å². The largest absolute Gasteiger partial charge is 0.396 e. The minimum atomic E-state index is -0.568. The summed E-state index contributed by atoms with van der Waals surface area (Å²) >= 11 is 0. The number of para-hydroxylation sites is 1. The fourth-order valence-corrected chi connectivity index (χ4v) is 1.27. The van der Waals surface area contributed by atoms with Crippen LogP contribution in [0.25, 0.3) is 0 Å². The Morgan fingerprint density at radius 2 is 2.31 bits per heavy atom. The number of benzene rings is 1. The number of hydrogen-bond acceptors (Lipinski definition) is 2. The van der Waals surface area contributed by atoms with Crippen molar-refractivity contribution in [2.24, 2.45) is 0 Å². The number of carbonyl (C=O) groups excluding carboxylic acids is 1. The Hall–Kier alpha value is -1.84. The number of allylic oxidation sites excluding steroid dienone is 1. The highest BCUT2D eigenvalue weighted by atomic mass is 19.1. The molecule has 1 aromatic carbocycles. The maximum Gasteiger partial charge on any atom is 0.253 e. The van der Waals surface area contributed by atoms with Crippen molar-refractivity contribution in [1.82, 2.24) is 5.32 Å². The Morgan fingerprint density at radius 1 is 1.56 bits per heavy atom. The first-order valence-electron chi connectivity index (χ1n) is 5.10. The van der Waals surface area contributed by atoms with Crippen LogP contribution in [-0.4, -0.2) is 12.5 Å². The van der Waals surface area contributed by atoms with E-state index in [9.17, 15) is 9.18 Å². The first-order valence-corrected chi connectivity index (χ1v) is 5.10. The van der Waals surface area contributed by atoms with Gasteiger partial charge >= 0.3 is 0 Å². The Balaban J connectivity index is 2.63. The van der Waals surface area contributed by atoms with Gasteiger partial charge in [0.05, 0.1) is 11.3 Å². The van der Waals surface area contributed by atoms with Gasteiger partial charge in [-0.2, -0.15) is 0 Å². The van der Waals surface area contributed by atoms with Crippen molar-refractivity contribution < 1.29 is 9.18 Å². The molecule has 0 unspecified atom stereocenters. The molecule has 0 aliphatic carbocycles. The third-order valence-corrected chi connectivity index (χ3v) is 2.13. The summed E-state index contributed by atoms with van der Waals surface area (Å²) in [6.45, 7) is 2.42. The molecule has 1 amide bonds. The zero-order valence-electron chi connectivity index (χ0n) is 9.16. The molecule has 0 fully saturated rings. The third kappa shape index (κ3) is 3.08. The van der Waals surface area contributed by atoms with E-state index in [1.54, 1.807) is 0 Å². The van der Waals surface area contributed by atoms with Crippen LogP contribution in [0.1, 0.15) is 23.7 Å². The van der Waals surface area contributed by atoms with E-state index in [0.717, 1.165) is 6.42 Å². The Bertz CT molecular complexity index is 402. The van der Waals surface area contributed by atoms with Crippen molar-refractivity contribution in [3.63, 3.8) is 0 Å². The highest BCUT2D eigenvalue weighted by Crippen LogP contribution is 2.15. The molecule has 3 N–H and O–H groups in total. The van der Waals surface area contributed by atoms with Crippen LogP contribution in [0.2, 0.25) is 0 Å². The summed E-state index contributed by atoms with van der Waals surface area (Å²) in [6, 6.07) is 4.20. The molecule has 0 aromatic heterocycles. The van der Waals surface area contributed by atoms with Crippen LogP contribution in [-0.2, 0) is 0 Å². The van der Waals surface area contributed by atoms with Gasteiger partial charge in [-0.15, -0.1) is 0 Å². The first-order chi connectivity index (χ1) is 7.66. The highest BCUT2D eigenvalue weighted by molar-refractivity contribution is 5.99. The number of rotatable bonds is 4. The lowest BCUT2D eigenvalue weighted by Gasteiger charge is -2.06. The van der Waals surface area contributed by atoms with E-state index in [-0.39, 0.29) is 17.2 Å². The number of anilines is 1. The summed E-state index contributed by atoms with van der Waals surface area (Å²) < 4.78 is 13.1. The van der Waals surface area contributed by atoms with Gasteiger partial charge in [0.15, 0.2) is 0 Å². The molecule has 0 atom stereocenters. The van der Waals surface area contributed by atoms with Crippen LogP contribution in [0.15, 0.2) is 30.4 Å². The summed E-state index contributed by atoms with van der Waals surface area (Å²) in [6.07, 6.45) is 4.59. The van der Waals surface area contributed by atoms with E-state index in [4.69, 9.17) is 5.73 Å². The fourth-order valence-electron chi connectivity index (χ4n) is 1.27. The third-order valence-electron chi connectivity index (χ3n) is 2.13. The van der Waals surface area contributed by atoms with Gasteiger partial charge in [0, 0.05) is 6.54 Å². The van der Waals surface area contributed by atoms with E-state index in [1.165, 1.54) is 18.2 Å². The molecule has 4 heteroatoms. The van der Waals surface area contributed by atoms with E-state index in [1.807, 2.05) is 19.1 Å². The van der Waals surface area contributed by atoms with Crippen molar-refractivity contribution in [3.8, 4) is 0 Å². The normalized spacial score (nSPS) is 10.6. The lowest BCUT2D eigenvalue weighted by molar-refractivity contribution is 0.0955. The second kappa shape index (κ2) is 5.90. The molecule has 0 spiro atoms. The Labute approximate surface area is 94.1 Å². The zero-order valence-corrected chi connectivity index (χ0v) is 9.16. The van der Waals surface area contributed by atoms with E-state index in [0.29, 0.717) is 6.54 Å². The summed E-state index contributed by atoms with van der Waals surface area (Å²) in [5, 5.41) is 2.66. The van der Waals surface area contributed by atoms with Gasteiger partial charge in [-0.25, -0.2) is 4.39 Å². The van der Waals surface area contributed by atoms with Crippen LogP contribution in [0, 0.1) is 5.82 Å². The first kappa shape index (κ1) is 12.2. The van der Waals surface area contributed by atoms with Crippen LogP contribution in [0.5, 0.6) is 0 Å². The molecular weight excluding hydrogens is 207 g/mol. The molecule has 0 saturated heterocycles. The number of hydrogen-bond donors (Lipinski definition) is 2. The quantitative estimate of drug-likeness (QED) is 0.465. The minimum Gasteiger partial charge on any atom is -0.396 e. The van der Waals surface area contributed by atoms with Crippen LogP contribution in [0.4, 0.5) is 10.1 Å². The number of nitrogens with one attached hydrogen (secondary N) is 1. The number of halogens is 1. The minimum absolute atomic E-state index is 0.106. The fraction of sp³-hybridized carbons (Fsp3) is 0.250. The predicted molar refractivity (Wildman–Crippen MR) is 62.6 cm³/mol. The number of amides is 1. The maximum absolute atomic E-state index is 13.1. The second-order valence-corrected chi connectivity index (χ2v) is 3.31. The van der Waals surface area contributed by atoms with Crippen molar-refractivity contribution >= 4 is 11.6 Å². The standard InChI is InChI=1S/C12H15FN2O/c1-2-3-4-8-15-12(16)9-6-5-7-10(13)11(9)14/h2-3,5-7H,4,8,14H2,1H3,(H,15,16)/b3-2+. The molecule has 1 aromatic rings.